The third kappa shape index (κ3) is 3.07. The Balaban J connectivity index is 1.99. The van der Waals surface area contributed by atoms with E-state index in [0.29, 0.717) is 5.69 Å². The minimum absolute atomic E-state index is 0.506. The van der Waals surface area contributed by atoms with Crippen LogP contribution in [-0.2, 0) is 5.75 Å². The Morgan fingerprint density at radius 2 is 2.38 bits per heavy atom. The van der Waals surface area contributed by atoms with Gasteiger partial charge < -0.3 is 0 Å². The van der Waals surface area contributed by atoms with Crippen LogP contribution in [0.25, 0.3) is 0 Å². The van der Waals surface area contributed by atoms with Crippen molar-refractivity contribution in [3.05, 3.63) is 45.4 Å². The predicted molar refractivity (Wildman–Crippen MR) is 68.5 cm³/mol. The smallest absolute Gasteiger partial charge is 0.169 e. The first-order valence-corrected chi connectivity index (χ1v) is 6.80. The number of rotatable bonds is 4. The van der Waals surface area contributed by atoms with E-state index < -0.39 is 0 Å². The van der Waals surface area contributed by atoms with Crippen LogP contribution in [0.15, 0.2) is 34.5 Å². The van der Waals surface area contributed by atoms with Gasteiger partial charge in [-0.3, -0.25) is 4.79 Å². The molecule has 0 amide bonds. The molecule has 16 heavy (non-hydrogen) atoms. The van der Waals surface area contributed by atoms with Gasteiger partial charge in [-0.2, -0.15) is 0 Å². The van der Waals surface area contributed by atoms with Crippen LogP contribution in [0, 0.1) is 0 Å². The van der Waals surface area contributed by atoms with Gasteiger partial charge in [-0.15, -0.1) is 23.1 Å². The summed E-state index contributed by atoms with van der Waals surface area (Å²) in [5.41, 5.74) is 0.506. The summed E-state index contributed by atoms with van der Waals surface area (Å²) in [6.07, 6.45) is 0.768. The van der Waals surface area contributed by atoms with Crippen molar-refractivity contribution in [2.45, 2.75) is 10.6 Å². The van der Waals surface area contributed by atoms with Crippen LogP contribution in [0.3, 0.4) is 0 Å². The summed E-state index contributed by atoms with van der Waals surface area (Å²) in [6, 6.07) is 7.69. The van der Waals surface area contributed by atoms with Gasteiger partial charge in [0.05, 0.1) is 5.75 Å². The van der Waals surface area contributed by atoms with Crippen molar-refractivity contribution in [3.8, 4) is 0 Å². The maximum absolute atomic E-state index is 10.5. The van der Waals surface area contributed by atoms with Gasteiger partial charge in [0.25, 0.3) is 0 Å². The van der Waals surface area contributed by atoms with Crippen molar-refractivity contribution in [2.24, 2.45) is 0 Å². The van der Waals surface area contributed by atoms with Crippen molar-refractivity contribution in [1.29, 1.82) is 0 Å². The van der Waals surface area contributed by atoms with Crippen LogP contribution in [0.5, 0.6) is 0 Å². The maximum atomic E-state index is 10.5. The van der Waals surface area contributed by atoms with Gasteiger partial charge in [-0.1, -0.05) is 17.7 Å². The Kier molecular flexibility index (Phi) is 3.98. The molecule has 0 aliphatic carbocycles. The van der Waals surface area contributed by atoms with Crippen molar-refractivity contribution in [1.82, 2.24) is 4.98 Å². The summed E-state index contributed by atoms with van der Waals surface area (Å²) in [7, 11) is 0. The average molecular weight is 270 g/mol. The van der Waals surface area contributed by atoms with Crippen LogP contribution >= 0.6 is 34.7 Å². The molecule has 2 rings (SSSR count). The summed E-state index contributed by atoms with van der Waals surface area (Å²) in [4.78, 5) is 15.7. The van der Waals surface area contributed by atoms with Crippen LogP contribution in [0.2, 0.25) is 5.02 Å². The number of nitrogens with zero attached hydrogens (tertiary/aromatic N) is 1. The van der Waals surface area contributed by atoms with Crippen molar-refractivity contribution in [2.75, 3.05) is 0 Å². The highest BCUT2D eigenvalue weighted by atomic mass is 35.5. The molecular weight excluding hydrogens is 262 g/mol. The highest BCUT2D eigenvalue weighted by Gasteiger charge is 2.02. The van der Waals surface area contributed by atoms with Gasteiger partial charge >= 0.3 is 0 Å². The number of thiazole rings is 1. The van der Waals surface area contributed by atoms with Gasteiger partial charge in [-0.05, 0) is 18.2 Å². The molecule has 0 saturated carbocycles. The summed E-state index contributed by atoms with van der Waals surface area (Å²) in [5, 5.41) is 3.45. The number of hydrogen-bond acceptors (Lipinski definition) is 4. The van der Waals surface area contributed by atoms with E-state index in [4.69, 9.17) is 11.6 Å². The number of halogens is 1. The molecule has 0 fully saturated rings. The fraction of sp³-hybridized carbons (Fsp3) is 0.0909. The Hall–Kier alpha value is -0.840. The average Bonchev–Trinajstić information content (AvgIpc) is 2.74. The van der Waals surface area contributed by atoms with Crippen LogP contribution in [-0.4, -0.2) is 11.3 Å². The molecular formula is C11H8ClNOS2. The van der Waals surface area contributed by atoms with Gasteiger partial charge in [0.1, 0.15) is 10.7 Å². The van der Waals surface area contributed by atoms with Gasteiger partial charge in [0.15, 0.2) is 6.29 Å². The quantitative estimate of drug-likeness (QED) is 0.623. The molecule has 0 radical (unpaired) electrons. The topological polar surface area (TPSA) is 30.0 Å². The monoisotopic (exact) mass is 269 g/mol. The third-order valence-electron chi connectivity index (χ3n) is 1.85. The number of carbonyl (C=O) groups excluding carboxylic acids is 1. The first-order chi connectivity index (χ1) is 7.78. The fourth-order valence-corrected chi connectivity index (χ4v) is 3.11. The van der Waals surface area contributed by atoms with E-state index in [1.54, 1.807) is 17.1 Å². The lowest BCUT2D eigenvalue weighted by Crippen LogP contribution is -1.82. The predicted octanol–water partition coefficient (Wildman–Crippen LogP) is 3.90. The fourth-order valence-electron chi connectivity index (χ4n) is 1.15. The van der Waals surface area contributed by atoms with Crippen LogP contribution in [0.1, 0.15) is 15.5 Å². The number of benzene rings is 1. The molecule has 0 aliphatic heterocycles. The lowest BCUT2D eigenvalue weighted by molar-refractivity contribution is 0.111. The van der Waals surface area contributed by atoms with Crippen LogP contribution in [0.4, 0.5) is 0 Å². The largest absolute Gasteiger partial charge is 0.296 e. The second-order valence-corrected chi connectivity index (χ2v) is 5.46. The summed E-state index contributed by atoms with van der Waals surface area (Å²) < 4.78 is 0. The lowest BCUT2D eigenvalue weighted by atomic mass is 10.4. The molecule has 1 heterocycles. The van der Waals surface area contributed by atoms with Crippen molar-refractivity contribution >= 4 is 41.0 Å². The van der Waals surface area contributed by atoms with Gasteiger partial charge in [0, 0.05) is 15.3 Å². The summed E-state index contributed by atoms with van der Waals surface area (Å²) in [6.45, 7) is 0. The summed E-state index contributed by atoms with van der Waals surface area (Å²) in [5.74, 6) is 0.763. The molecule has 0 unspecified atom stereocenters. The molecule has 82 valence electrons. The SMILES string of the molecule is O=Cc1csc(CSc2cccc(Cl)c2)n1. The molecule has 0 aliphatic rings. The molecule has 1 aromatic carbocycles. The van der Waals surface area contributed by atoms with E-state index in [1.807, 2.05) is 24.3 Å². The molecule has 0 N–H and O–H groups in total. The first-order valence-electron chi connectivity index (χ1n) is 4.56. The van der Waals surface area contributed by atoms with Gasteiger partial charge in [-0.25, -0.2) is 4.98 Å². The van der Waals surface area contributed by atoms with Crippen LogP contribution < -0.4 is 0 Å². The Bertz CT molecular complexity index is 498. The second kappa shape index (κ2) is 5.48. The van der Waals surface area contributed by atoms with E-state index in [0.717, 1.165) is 27.0 Å². The van der Waals surface area contributed by atoms with E-state index >= 15 is 0 Å². The van der Waals surface area contributed by atoms with E-state index in [1.165, 1.54) is 11.3 Å². The molecule has 0 spiro atoms. The lowest BCUT2D eigenvalue weighted by Gasteiger charge is -1.99. The summed E-state index contributed by atoms with van der Waals surface area (Å²) >= 11 is 9.04. The van der Waals surface area contributed by atoms with E-state index in [-0.39, 0.29) is 0 Å². The number of aromatic nitrogens is 1. The number of hydrogen-bond donors (Lipinski definition) is 0. The normalized spacial score (nSPS) is 10.3. The number of thioether (sulfide) groups is 1. The Labute approximate surface area is 107 Å². The third-order valence-corrected chi connectivity index (χ3v) is 4.14. The first kappa shape index (κ1) is 11.6. The van der Waals surface area contributed by atoms with Crippen molar-refractivity contribution < 1.29 is 4.79 Å². The second-order valence-electron chi connectivity index (χ2n) is 3.03. The molecule has 0 bridgehead atoms. The number of carbonyl (C=O) groups is 1. The highest BCUT2D eigenvalue weighted by molar-refractivity contribution is 7.98. The van der Waals surface area contributed by atoms with Crippen molar-refractivity contribution in [3.63, 3.8) is 0 Å². The molecule has 5 heteroatoms. The Morgan fingerprint density at radius 1 is 1.50 bits per heavy atom. The van der Waals surface area contributed by atoms with E-state index in [9.17, 15) is 4.79 Å². The Morgan fingerprint density at radius 3 is 3.06 bits per heavy atom. The molecule has 2 aromatic rings. The van der Waals surface area contributed by atoms with E-state index in [2.05, 4.69) is 4.98 Å². The standard InChI is InChI=1S/C11H8ClNOS2/c12-8-2-1-3-10(4-8)15-7-11-13-9(5-14)6-16-11/h1-6H,7H2. The minimum Gasteiger partial charge on any atom is -0.296 e. The van der Waals surface area contributed by atoms with Gasteiger partial charge in [0.2, 0.25) is 0 Å². The molecule has 1 aromatic heterocycles. The molecule has 0 atom stereocenters. The molecule has 0 saturated heterocycles. The zero-order valence-corrected chi connectivity index (χ0v) is 10.6. The number of aldehydes is 1. The highest BCUT2D eigenvalue weighted by Crippen LogP contribution is 2.26. The zero-order chi connectivity index (χ0) is 11.4. The maximum Gasteiger partial charge on any atom is 0.169 e. The minimum atomic E-state index is 0.506. The molecule has 2 nitrogen and oxygen atoms in total. The zero-order valence-electron chi connectivity index (χ0n) is 8.22.